The summed E-state index contributed by atoms with van der Waals surface area (Å²) in [6, 6.07) is 15.6. The number of amides is 2. The van der Waals surface area contributed by atoms with E-state index in [2.05, 4.69) is 5.32 Å². The van der Waals surface area contributed by atoms with Crippen molar-refractivity contribution in [2.75, 3.05) is 19.7 Å². The van der Waals surface area contributed by atoms with E-state index in [1.807, 2.05) is 13.0 Å². The summed E-state index contributed by atoms with van der Waals surface area (Å²) in [5.41, 5.74) is 1.73. The van der Waals surface area contributed by atoms with Gasteiger partial charge in [0.2, 0.25) is 15.9 Å². The number of ether oxygens (including phenoxy) is 1. The summed E-state index contributed by atoms with van der Waals surface area (Å²) in [6.45, 7) is 1.71. The Balaban J connectivity index is 1.42. The molecule has 0 aromatic heterocycles. The molecular formula is C23H26N2O6S. The van der Waals surface area contributed by atoms with E-state index in [9.17, 15) is 22.8 Å². The number of esters is 1. The average molecular weight is 459 g/mol. The fourth-order valence-corrected chi connectivity index (χ4v) is 4.93. The number of rotatable bonds is 7. The third-order valence-corrected chi connectivity index (χ3v) is 7.19. The highest BCUT2D eigenvalue weighted by molar-refractivity contribution is 7.89. The van der Waals surface area contributed by atoms with Gasteiger partial charge in [-0.3, -0.25) is 19.7 Å². The van der Waals surface area contributed by atoms with Gasteiger partial charge >= 0.3 is 5.97 Å². The molecule has 0 bridgehead atoms. The highest BCUT2D eigenvalue weighted by Gasteiger charge is 2.33. The van der Waals surface area contributed by atoms with Gasteiger partial charge in [0.25, 0.3) is 5.91 Å². The Bertz CT molecular complexity index is 1060. The van der Waals surface area contributed by atoms with Crippen molar-refractivity contribution in [1.29, 1.82) is 0 Å². The van der Waals surface area contributed by atoms with Crippen molar-refractivity contribution in [3.05, 3.63) is 65.7 Å². The summed E-state index contributed by atoms with van der Waals surface area (Å²) >= 11 is 0. The number of benzene rings is 2. The van der Waals surface area contributed by atoms with E-state index in [1.165, 1.54) is 4.31 Å². The Kier molecular flexibility index (Phi) is 7.76. The molecule has 1 saturated heterocycles. The first-order valence-corrected chi connectivity index (χ1v) is 11.8. The lowest BCUT2D eigenvalue weighted by Crippen LogP contribution is -2.41. The molecule has 1 fully saturated rings. The van der Waals surface area contributed by atoms with Crippen LogP contribution in [0.4, 0.5) is 0 Å². The Morgan fingerprint density at radius 3 is 2.22 bits per heavy atom. The third kappa shape index (κ3) is 6.24. The number of carbonyl (C=O) groups excluding carboxylic acids is 3. The first-order valence-electron chi connectivity index (χ1n) is 10.4. The highest BCUT2D eigenvalue weighted by atomic mass is 32.2. The van der Waals surface area contributed by atoms with E-state index in [0.29, 0.717) is 12.8 Å². The lowest BCUT2D eigenvalue weighted by molar-refractivity contribution is -0.154. The van der Waals surface area contributed by atoms with Gasteiger partial charge in [-0.1, -0.05) is 48.0 Å². The molecule has 0 unspecified atom stereocenters. The van der Waals surface area contributed by atoms with Gasteiger partial charge in [-0.05, 0) is 37.5 Å². The summed E-state index contributed by atoms with van der Waals surface area (Å²) in [7, 11) is -3.61. The number of hydrogen-bond acceptors (Lipinski definition) is 6. The number of carbonyl (C=O) groups is 3. The summed E-state index contributed by atoms with van der Waals surface area (Å²) in [5.74, 6) is -2.24. The topological polar surface area (TPSA) is 110 Å². The number of imide groups is 1. The Morgan fingerprint density at radius 1 is 0.969 bits per heavy atom. The Morgan fingerprint density at radius 2 is 1.59 bits per heavy atom. The fraction of sp³-hybridized carbons (Fsp3) is 0.348. The van der Waals surface area contributed by atoms with Crippen LogP contribution in [0.2, 0.25) is 0 Å². The number of nitrogens with zero attached hydrogens (tertiary/aromatic N) is 1. The minimum Gasteiger partial charge on any atom is -0.455 e. The first-order chi connectivity index (χ1) is 15.3. The van der Waals surface area contributed by atoms with Crippen LogP contribution in [0, 0.1) is 12.8 Å². The predicted octanol–water partition coefficient (Wildman–Crippen LogP) is 1.82. The molecule has 8 nitrogen and oxygen atoms in total. The second-order valence-corrected chi connectivity index (χ2v) is 9.67. The Hall–Kier alpha value is -3.04. The molecule has 32 heavy (non-hydrogen) atoms. The van der Waals surface area contributed by atoms with Gasteiger partial charge in [0, 0.05) is 13.1 Å². The van der Waals surface area contributed by atoms with Crippen LogP contribution in [-0.4, -0.2) is 50.2 Å². The van der Waals surface area contributed by atoms with Gasteiger partial charge in [0.05, 0.1) is 17.2 Å². The molecule has 2 amide bonds. The molecular weight excluding hydrogens is 432 g/mol. The van der Waals surface area contributed by atoms with Crippen LogP contribution < -0.4 is 5.32 Å². The zero-order chi connectivity index (χ0) is 23.1. The van der Waals surface area contributed by atoms with Crippen LogP contribution in [0.15, 0.2) is 59.5 Å². The molecule has 1 heterocycles. The minimum absolute atomic E-state index is 0.0500. The van der Waals surface area contributed by atoms with Crippen molar-refractivity contribution in [3.63, 3.8) is 0 Å². The van der Waals surface area contributed by atoms with Crippen LogP contribution in [0.25, 0.3) is 0 Å². The second kappa shape index (κ2) is 10.5. The molecule has 3 rings (SSSR count). The molecule has 0 aliphatic carbocycles. The maximum atomic E-state index is 12.7. The van der Waals surface area contributed by atoms with Crippen molar-refractivity contribution >= 4 is 27.8 Å². The van der Waals surface area contributed by atoms with E-state index in [0.717, 1.165) is 11.1 Å². The molecule has 2 aromatic rings. The molecule has 1 aliphatic heterocycles. The van der Waals surface area contributed by atoms with E-state index in [4.69, 9.17) is 4.74 Å². The largest absolute Gasteiger partial charge is 0.455 e. The van der Waals surface area contributed by atoms with Gasteiger partial charge in [-0.2, -0.15) is 4.31 Å². The fourth-order valence-electron chi connectivity index (χ4n) is 3.46. The monoisotopic (exact) mass is 458 g/mol. The SMILES string of the molecule is Cc1ccc(S(=O)(=O)N2CCC(C(=O)OCC(=O)NC(=O)Cc3ccccc3)CC2)cc1. The average Bonchev–Trinajstić information content (AvgIpc) is 2.78. The lowest BCUT2D eigenvalue weighted by atomic mass is 9.98. The zero-order valence-electron chi connectivity index (χ0n) is 17.8. The zero-order valence-corrected chi connectivity index (χ0v) is 18.6. The molecule has 0 atom stereocenters. The molecule has 2 aromatic carbocycles. The van der Waals surface area contributed by atoms with E-state index in [-0.39, 0.29) is 24.4 Å². The smallest absolute Gasteiger partial charge is 0.309 e. The van der Waals surface area contributed by atoms with Crippen molar-refractivity contribution in [3.8, 4) is 0 Å². The van der Waals surface area contributed by atoms with Crippen molar-refractivity contribution in [1.82, 2.24) is 9.62 Å². The number of piperidine rings is 1. The van der Waals surface area contributed by atoms with Gasteiger partial charge in [-0.15, -0.1) is 0 Å². The van der Waals surface area contributed by atoms with Gasteiger partial charge in [0.15, 0.2) is 6.61 Å². The number of hydrogen-bond donors (Lipinski definition) is 1. The first kappa shape index (κ1) is 23.6. The van der Waals surface area contributed by atoms with Crippen LogP contribution in [0.3, 0.4) is 0 Å². The van der Waals surface area contributed by atoms with Gasteiger partial charge < -0.3 is 4.74 Å². The van der Waals surface area contributed by atoms with Crippen LogP contribution in [-0.2, 0) is 35.6 Å². The summed E-state index contributed by atoms with van der Waals surface area (Å²) in [6.07, 6.45) is 0.658. The maximum Gasteiger partial charge on any atom is 0.309 e. The van der Waals surface area contributed by atoms with Gasteiger partial charge in [-0.25, -0.2) is 8.42 Å². The number of aryl methyl sites for hydroxylation is 1. The quantitative estimate of drug-likeness (QED) is 0.634. The predicted molar refractivity (Wildman–Crippen MR) is 117 cm³/mol. The molecule has 0 radical (unpaired) electrons. The molecule has 9 heteroatoms. The second-order valence-electron chi connectivity index (χ2n) is 7.73. The minimum atomic E-state index is -3.61. The summed E-state index contributed by atoms with van der Waals surface area (Å²) < 4.78 is 31.9. The third-order valence-electron chi connectivity index (χ3n) is 5.28. The molecule has 1 aliphatic rings. The van der Waals surface area contributed by atoms with E-state index >= 15 is 0 Å². The Labute approximate surface area is 187 Å². The van der Waals surface area contributed by atoms with Crippen LogP contribution in [0.5, 0.6) is 0 Å². The molecule has 0 saturated carbocycles. The van der Waals surface area contributed by atoms with E-state index in [1.54, 1.807) is 48.5 Å². The normalized spacial score (nSPS) is 15.2. The highest BCUT2D eigenvalue weighted by Crippen LogP contribution is 2.24. The summed E-state index contributed by atoms with van der Waals surface area (Å²) in [4.78, 5) is 36.3. The molecule has 0 spiro atoms. The van der Waals surface area contributed by atoms with E-state index < -0.39 is 40.3 Å². The lowest BCUT2D eigenvalue weighted by Gasteiger charge is -2.30. The molecule has 170 valence electrons. The number of sulfonamides is 1. The van der Waals surface area contributed by atoms with Crippen molar-refractivity contribution < 1.29 is 27.5 Å². The molecule has 1 N–H and O–H groups in total. The van der Waals surface area contributed by atoms with Gasteiger partial charge in [0.1, 0.15) is 0 Å². The van der Waals surface area contributed by atoms with Crippen LogP contribution in [0.1, 0.15) is 24.0 Å². The maximum absolute atomic E-state index is 12.7. The standard InChI is InChI=1S/C23H26N2O6S/c1-17-7-9-20(10-8-17)32(29,30)25-13-11-19(12-14-25)23(28)31-16-22(27)24-21(26)15-18-5-3-2-4-6-18/h2-10,19H,11-16H2,1H3,(H,24,26,27). The number of nitrogens with one attached hydrogen (secondary N) is 1. The van der Waals surface area contributed by atoms with Crippen molar-refractivity contribution in [2.24, 2.45) is 5.92 Å². The van der Waals surface area contributed by atoms with Crippen molar-refractivity contribution in [2.45, 2.75) is 31.1 Å². The summed E-state index contributed by atoms with van der Waals surface area (Å²) in [5, 5.41) is 2.19. The van der Waals surface area contributed by atoms with Crippen LogP contribution >= 0.6 is 0 Å².